The van der Waals surface area contributed by atoms with Crippen molar-refractivity contribution in [3.8, 4) is 0 Å². The first-order valence-corrected chi connectivity index (χ1v) is 9.17. The van der Waals surface area contributed by atoms with Crippen LogP contribution in [0.3, 0.4) is 0 Å². The number of aryl methyl sites for hydroxylation is 1. The van der Waals surface area contributed by atoms with Gasteiger partial charge >= 0.3 is 0 Å². The van der Waals surface area contributed by atoms with E-state index in [0.717, 1.165) is 51.4 Å². The molecule has 3 aliphatic rings. The molecule has 128 valence electrons. The maximum Gasteiger partial charge on any atom is 0.0949 e. The van der Waals surface area contributed by atoms with E-state index in [4.69, 9.17) is 9.47 Å². The molecule has 5 nitrogen and oxygen atoms in total. The lowest BCUT2D eigenvalue weighted by Crippen LogP contribution is -2.40. The highest BCUT2D eigenvalue weighted by Gasteiger charge is 2.31. The maximum atomic E-state index is 6.03. The van der Waals surface area contributed by atoms with Crippen LogP contribution in [-0.4, -0.2) is 54.0 Å². The summed E-state index contributed by atoms with van der Waals surface area (Å²) in [7, 11) is 2.12. The standard InChI is InChI=1S/C18H29N3O2/c1-20-13-19-17-10-21(8-14-4-6-22-7-5-14)9-16(18(17)20)12-23-11-15-2-3-15/h13-16H,2-12H2,1H3/t16-/m0/s1. The SMILES string of the molecule is Cn1cnc2c1[C@H](COCC1CC1)CN(CC1CCOCC1)C2. The van der Waals surface area contributed by atoms with Gasteiger partial charge in [-0.2, -0.15) is 0 Å². The molecule has 3 heterocycles. The van der Waals surface area contributed by atoms with Gasteiger partial charge in [0.1, 0.15) is 0 Å². The van der Waals surface area contributed by atoms with Gasteiger partial charge in [-0.1, -0.05) is 0 Å². The van der Waals surface area contributed by atoms with E-state index in [1.807, 2.05) is 6.33 Å². The highest BCUT2D eigenvalue weighted by molar-refractivity contribution is 5.21. The van der Waals surface area contributed by atoms with Crippen LogP contribution in [0.4, 0.5) is 0 Å². The lowest BCUT2D eigenvalue weighted by atomic mass is 9.95. The number of rotatable bonds is 6. The number of fused-ring (bicyclic) bond motifs is 1. The zero-order valence-corrected chi connectivity index (χ0v) is 14.2. The van der Waals surface area contributed by atoms with Crippen LogP contribution in [0, 0.1) is 11.8 Å². The molecule has 0 bridgehead atoms. The molecule has 1 aliphatic carbocycles. The molecule has 1 aromatic rings. The van der Waals surface area contributed by atoms with Crippen molar-refractivity contribution >= 4 is 0 Å². The van der Waals surface area contributed by atoms with Gasteiger partial charge in [0.2, 0.25) is 0 Å². The fraction of sp³-hybridized carbons (Fsp3) is 0.833. The number of nitrogens with zero attached hydrogens (tertiary/aromatic N) is 3. The molecule has 0 spiro atoms. The summed E-state index contributed by atoms with van der Waals surface area (Å²) >= 11 is 0. The van der Waals surface area contributed by atoms with Crippen LogP contribution in [0.1, 0.15) is 43.0 Å². The Bertz CT molecular complexity index is 520. The summed E-state index contributed by atoms with van der Waals surface area (Å²) in [4.78, 5) is 7.24. The van der Waals surface area contributed by atoms with Crippen LogP contribution in [0.15, 0.2) is 6.33 Å². The topological polar surface area (TPSA) is 39.5 Å². The molecule has 23 heavy (non-hydrogen) atoms. The molecule has 1 saturated carbocycles. The van der Waals surface area contributed by atoms with Crippen LogP contribution >= 0.6 is 0 Å². The summed E-state index contributed by atoms with van der Waals surface area (Å²) in [5.41, 5.74) is 2.65. The molecule has 2 aliphatic heterocycles. The highest BCUT2D eigenvalue weighted by Crippen LogP contribution is 2.32. The Morgan fingerprint density at radius 3 is 2.78 bits per heavy atom. The molecule has 5 heteroatoms. The Kier molecular flexibility index (Phi) is 4.69. The molecule has 2 fully saturated rings. The van der Waals surface area contributed by atoms with Gasteiger partial charge in [0.25, 0.3) is 0 Å². The molecule has 1 atom stereocenters. The van der Waals surface area contributed by atoms with Crippen LogP contribution in [0.5, 0.6) is 0 Å². The molecule has 1 aromatic heterocycles. The first-order valence-electron chi connectivity index (χ1n) is 9.17. The number of imidazole rings is 1. The number of hydrogen-bond donors (Lipinski definition) is 0. The van der Waals surface area contributed by atoms with E-state index in [1.165, 1.54) is 43.6 Å². The normalized spacial score (nSPS) is 26.4. The van der Waals surface area contributed by atoms with Crippen LogP contribution in [0.2, 0.25) is 0 Å². The summed E-state index contributed by atoms with van der Waals surface area (Å²) in [5.74, 6) is 2.08. The smallest absolute Gasteiger partial charge is 0.0949 e. The molecule has 0 N–H and O–H groups in total. The average molecular weight is 319 g/mol. The molecule has 0 unspecified atom stereocenters. The minimum absolute atomic E-state index is 0.463. The van der Waals surface area contributed by atoms with Gasteiger partial charge in [-0.05, 0) is 37.5 Å². The Hall–Kier alpha value is -0.910. The summed E-state index contributed by atoms with van der Waals surface area (Å²) in [6, 6.07) is 0. The first-order chi connectivity index (χ1) is 11.3. The second-order valence-corrected chi connectivity index (χ2v) is 7.61. The lowest BCUT2D eigenvalue weighted by molar-refractivity contribution is 0.0424. The van der Waals surface area contributed by atoms with Gasteiger partial charge < -0.3 is 14.0 Å². The third kappa shape index (κ3) is 3.78. The van der Waals surface area contributed by atoms with E-state index in [2.05, 4.69) is 21.5 Å². The van der Waals surface area contributed by atoms with E-state index >= 15 is 0 Å². The summed E-state index contributed by atoms with van der Waals surface area (Å²) in [6.45, 7) is 6.93. The zero-order valence-electron chi connectivity index (χ0n) is 14.2. The van der Waals surface area contributed by atoms with Crippen molar-refractivity contribution in [2.24, 2.45) is 18.9 Å². The zero-order chi connectivity index (χ0) is 15.6. The number of ether oxygens (including phenoxy) is 2. The Morgan fingerprint density at radius 2 is 2.00 bits per heavy atom. The Balaban J connectivity index is 1.39. The van der Waals surface area contributed by atoms with Gasteiger partial charge in [0, 0.05) is 58.1 Å². The molecular formula is C18H29N3O2. The van der Waals surface area contributed by atoms with Gasteiger partial charge in [0.05, 0.1) is 18.6 Å². The van der Waals surface area contributed by atoms with E-state index in [-0.39, 0.29) is 0 Å². The second kappa shape index (κ2) is 6.91. The van der Waals surface area contributed by atoms with Gasteiger partial charge in [-0.25, -0.2) is 4.98 Å². The summed E-state index contributed by atoms with van der Waals surface area (Å²) in [6.07, 6.45) is 7.09. The summed E-state index contributed by atoms with van der Waals surface area (Å²) in [5, 5.41) is 0. The van der Waals surface area contributed by atoms with Crippen molar-refractivity contribution < 1.29 is 9.47 Å². The number of aromatic nitrogens is 2. The number of hydrogen-bond acceptors (Lipinski definition) is 4. The van der Waals surface area contributed by atoms with Crippen molar-refractivity contribution in [1.82, 2.24) is 14.5 Å². The van der Waals surface area contributed by atoms with Crippen molar-refractivity contribution in [1.29, 1.82) is 0 Å². The molecule has 0 radical (unpaired) electrons. The third-order valence-electron chi connectivity index (χ3n) is 5.53. The minimum atomic E-state index is 0.463. The molecule has 0 amide bonds. The van der Waals surface area contributed by atoms with Gasteiger partial charge in [0.15, 0.2) is 0 Å². The molecule has 0 aromatic carbocycles. The van der Waals surface area contributed by atoms with Gasteiger partial charge in [-0.15, -0.1) is 0 Å². The van der Waals surface area contributed by atoms with Crippen LogP contribution < -0.4 is 0 Å². The van der Waals surface area contributed by atoms with Crippen molar-refractivity contribution in [2.45, 2.75) is 38.1 Å². The van der Waals surface area contributed by atoms with E-state index in [0.29, 0.717) is 5.92 Å². The fourth-order valence-corrected chi connectivity index (χ4v) is 4.03. The summed E-state index contributed by atoms with van der Waals surface area (Å²) < 4.78 is 13.7. The molecule has 4 rings (SSSR count). The van der Waals surface area contributed by atoms with E-state index < -0.39 is 0 Å². The van der Waals surface area contributed by atoms with Crippen LogP contribution in [0.25, 0.3) is 0 Å². The second-order valence-electron chi connectivity index (χ2n) is 7.61. The van der Waals surface area contributed by atoms with Crippen LogP contribution in [-0.2, 0) is 23.1 Å². The predicted octanol–water partition coefficient (Wildman–Crippen LogP) is 2.17. The minimum Gasteiger partial charge on any atom is -0.381 e. The van der Waals surface area contributed by atoms with Crippen molar-refractivity contribution in [3.63, 3.8) is 0 Å². The maximum absolute atomic E-state index is 6.03. The monoisotopic (exact) mass is 319 g/mol. The quantitative estimate of drug-likeness (QED) is 0.806. The lowest BCUT2D eigenvalue weighted by Gasteiger charge is -2.35. The fourth-order valence-electron chi connectivity index (χ4n) is 4.03. The van der Waals surface area contributed by atoms with E-state index in [1.54, 1.807) is 0 Å². The molecule has 1 saturated heterocycles. The Labute approximate surface area is 139 Å². The van der Waals surface area contributed by atoms with Crippen molar-refractivity contribution in [3.05, 3.63) is 17.7 Å². The Morgan fingerprint density at radius 1 is 1.17 bits per heavy atom. The molecular weight excluding hydrogens is 290 g/mol. The first kappa shape index (κ1) is 15.6. The predicted molar refractivity (Wildman–Crippen MR) is 88.3 cm³/mol. The average Bonchev–Trinajstić information content (AvgIpc) is 3.31. The third-order valence-corrected chi connectivity index (χ3v) is 5.53. The largest absolute Gasteiger partial charge is 0.381 e. The van der Waals surface area contributed by atoms with E-state index in [9.17, 15) is 0 Å². The highest BCUT2D eigenvalue weighted by atomic mass is 16.5. The van der Waals surface area contributed by atoms with Crippen molar-refractivity contribution in [2.75, 3.05) is 39.5 Å². The van der Waals surface area contributed by atoms with Gasteiger partial charge in [-0.3, -0.25) is 4.90 Å².